The van der Waals surface area contributed by atoms with Gasteiger partial charge >= 0.3 is 0 Å². The van der Waals surface area contributed by atoms with Gasteiger partial charge in [0.15, 0.2) is 0 Å². The van der Waals surface area contributed by atoms with Gasteiger partial charge in [-0.3, -0.25) is 4.79 Å². The number of rotatable bonds is 6. The fourth-order valence-corrected chi connectivity index (χ4v) is 2.79. The number of likely N-dealkylation sites (tertiary alicyclic amines) is 1. The minimum absolute atomic E-state index is 0.0310. The molecule has 0 spiro atoms. The van der Waals surface area contributed by atoms with Gasteiger partial charge in [-0.2, -0.15) is 0 Å². The SMILES string of the molecule is O=C(Cc1cccc(F)c1)NCCCN1CCCCCC1. The second-order valence-electron chi connectivity index (χ2n) is 5.77. The summed E-state index contributed by atoms with van der Waals surface area (Å²) in [5, 5.41) is 2.92. The van der Waals surface area contributed by atoms with E-state index in [1.165, 1.54) is 50.9 Å². The highest BCUT2D eigenvalue weighted by Crippen LogP contribution is 2.09. The summed E-state index contributed by atoms with van der Waals surface area (Å²) in [7, 11) is 0. The van der Waals surface area contributed by atoms with Crippen molar-refractivity contribution in [2.45, 2.75) is 38.5 Å². The first-order valence-corrected chi connectivity index (χ1v) is 7.97. The van der Waals surface area contributed by atoms with E-state index < -0.39 is 0 Å². The molecule has 1 aromatic rings. The molecule has 116 valence electrons. The number of nitrogens with zero attached hydrogens (tertiary/aromatic N) is 1. The molecule has 3 nitrogen and oxygen atoms in total. The van der Waals surface area contributed by atoms with Crippen LogP contribution in [0.1, 0.15) is 37.7 Å². The molecule has 1 aliphatic rings. The Morgan fingerprint density at radius 2 is 1.95 bits per heavy atom. The highest BCUT2D eigenvalue weighted by Gasteiger charge is 2.08. The lowest BCUT2D eigenvalue weighted by Gasteiger charge is -2.19. The maximum absolute atomic E-state index is 13.0. The summed E-state index contributed by atoms with van der Waals surface area (Å²) < 4.78 is 13.0. The van der Waals surface area contributed by atoms with Crippen molar-refractivity contribution < 1.29 is 9.18 Å². The molecule has 21 heavy (non-hydrogen) atoms. The van der Waals surface area contributed by atoms with Crippen LogP contribution in [0.15, 0.2) is 24.3 Å². The van der Waals surface area contributed by atoms with Gasteiger partial charge < -0.3 is 10.2 Å². The van der Waals surface area contributed by atoms with Gasteiger partial charge in [0.2, 0.25) is 5.91 Å². The van der Waals surface area contributed by atoms with Crippen LogP contribution in [-0.4, -0.2) is 37.0 Å². The average Bonchev–Trinajstić information content (AvgIpc) is 2.72. The van der Waals surface area contributed by atoms with Crippen LogP contribution in [-0.2, 0) is 11.2 Å². The first-order valence-electron chi connectivity index (χ1n) is 7.97. The number of nitrogens with one attached hydrogen (secondary N) is 1. The van der Waals surface area contributed by atoms with Gasteiger partial charge in [-0.05, 0) is 56.6 Å². The monoisotopic (exact) mass is 292 g/mol. The molecular formula is C17H25FN2O. The van der Waals surface area contributed by atoms with Gasteiger partial charge in [0.1, 0.15) is 5.82 Å². The van der Waals surface area contributed by atoms with Crippen LogP contribution in [0.3, 0.4) is 0 Å². The Labute approximate surface area is 126 Å². The van der Waals surface area contributed by atoms with Crippen molar-refractivity contribution in [2.24, 2.45) is 0 Å². The Morgan fingerprint density at radius 1 is 1.19 bits per heavy atom. The lowest BCUT2D eigenvalue weighted by atomic mass is 10.1. The maximum atomic E-state index is 13.0. The summed E-state index contributed by atoms with van der Waals surface area (Å²) in [6.07, 6.45) is 6.52. The number of carbonyl (C=O) groups is 1. The molecule has 1 saturated heterocycles. The van der Waals surface area contributed by atoms with Crippen molar-refractivity contribution >= 4 is 5.91 Å². The molecule has 0 aliphatic carbocycles. The van der Waals surface area contributed by atoms with Gasteiger partial charge in [-0.15, -0.1) is 0 Å². The number of benzene rings is 1. The Kier molecular flexibility index (Phi) is 6.67. The van der Waals surface area contributed by atoms with Gasteiger partial charge in [-0.1, -0.05) is 25.0 Å². The van der Waals surface area contributed by atoms with Crippen molar-refractivity contribution in [2.75, 3.05) is 26.2 Å². The second kappa shape index (κ2) is 8.78. The molecule has 0 unspecified atom stereocenters. The fraction of sp³-hybridized carbons (Fsp3) is 0.588. The van der Waals surface area contributed by atoms with E-state index in [9.17, 15) is 9.18 Å². The molecule has 0 radical (unpaired) electrons. The second-order valence-corrected chi connectivity index (χ2v) is 5.77. The zero-order chi connectivity index (χ0) is 14.9. The number of carbonyl (C=O) groups excluding carboxylic acids is 1. The molecule has 2 rings (SSSR count). The van der Waals surface area contributed by atoms with Crippen LogP contribution < -0.4 is 5.32 Å². The third-order valence-electron chi connectivity index (χ3n) is 3.93. The number of hydrogen-bond donors (Lipinski definition) is 1. The van der Waals surface area contributed by atoms with E-state index in [2.05, 4.69) is 10.2 Å². The Balaban J connectivity index is 1.60. The van der Waals surface area contributed by atoms with Gasteiger partial charge in [0.05, 0.1) is 6.42 Å². The smallest absolute Gasteiger partial charge is 0.224 e. The van der Waals surface area contributed by atoms with Gasteiger partial charge in [0, 0.05) is 6.54 Å². The molecule has 0 bridgehead atoms. The third-order valence-corrected chi connectivity index (χ3v) is 3.93. The summed E-state index contributed by atoms with van der Waals surface area (Å²) in [5.74, 6) is -0.321. The Bertz CT molecular complexity index is 442. The van der Waals surface area contributed by atoms with Gasteiger partial charge in [-0.25, -0.2) is 4.39 Å². The Hall–Kier alpha value is -1.42. The van der Waals surface area contributed by atoms with E-state index in [1.54, 1.807) is 12.1 Å². The third kappa shape index (κ3) is 6.25. The minimum atomic E-state index is -0.290. The molecule has 1 aromatic carbocycles. The standard InChI is InChI=1S/C17H25FN2O/c18-16-8-5-7-15(13-16)14-17(21)19-9-6-12-20-10-3-1-2-4-11-20/h5,7-8,13H,1-4,6,9-12,14H2,(H,19,21). The van der Waals surface area contributed by atoms with Crippen LogP contribution in [0.5, 0.6) is 0 Å². The summed E-state index contributed by atoms with van der Waals surface area (Å²) in [6.45, 7) is 4.14. The first-order chi connectivity index (χ1) is 10.2. The highest BCUT2D eigenvalue weighted by atomic mass is 19.1. The number of amides is 1. The quantitative estimate of drug-likeness (QED) is 0.818. The predicted molar refractivity (Wildman–Crippen MR) is 82.6 cm³/mol. The molecule has 0 atom stereocenters. The van der Waals surface area contributed by atoms with E-state index in [4.69, 9.17) is 0 Å². The molecule has 1 aliphatic heterocycles. The summed E-state index contributed by atoms with van der Waals surface area (Å²) in [5.41, 5.74) is 0.722. The molecule has 1 heterocycles. The van der Waals surface area contributed by atoms with Crippen molar-refractivity contribution in [3.63, 3.8) is 0 Å². The van der Waals surface area contributed by atoms with E-state index >= 15 is 0 Å². The molecule has 4 heteroatoms. The normalized spacial score (nSPS) is 16.4. The van der Waals surface area contributed by atoms with Crippen LogP contribution in [0.4, 0.5) is 4.39 Å². The van der Waals surface area contributed by atoms with Crippen molar-refractivity contribution in [1.29, 1.82) is 0 Å². The molecule has 1 N–H and O–H groups in total. The fourth-order valence-electron chi connectivity index (χ4n) is 2.79. The van der Waals surface area contributed by atoms with E-state index in [-0.39, 0.29) is 18.1 Å². The molecule has 0 aromatic heterocycles. The topological polar surface area (TPSA) is 32.3 Å². The summed E-state index contributed by atoms with van der Waals surface area (Å²) in [4.78, 5) is 14.3. The lowest BCUT2D eigenvalue weighted by Crippen LogP contribution is -2.31. The van der Waals surface area contributed by atoms with Crippen LogP contribution >= 0.6 is 0 Å². The average molecular weight is 292 g/mol. The number of hydrogen-bond acceptors (Lipinski definition) is 2. The van der Waals surface area contributed by atoms with Crippen molar-refractivity contribution in [1.82, 2.24) is 10.2 Å². The molecule has 0 saturated carbocycles. The van der Waals surface area contributed by atoms with Crippen LogP contribution in [0, 0.1) is 5.82 Å². The van der Waals surface area contributed by atoms with E-state index in [0.717, 1.165) is 18.5 Å². The van der Waals surface area contributed by atoms with Crippen molar-refractivity contribution in [3.05, 3.63) is 35.6 Å². The van der Waals surface area contributed by atoms with E-state index in [0.29, 0.717) is 6.54 Å². The Morgan fingerprint density at radius 3 is 2.67 bits per heavy atom. The minimum Gasteiger partial charge on any atom is -0.356 e. The molecule has 1 amide bonds. The largest absolute Gasteiger partial charge is 0.356 e. The maximum Gasteiger partial charge on any atom is 0.224 e. The summed E-state index contributed by atoms with van der Waals surface area (Å²) >= 11 is 0. The van der Waals surface area contributed by atoms with Crippen LogP contribution in [0.25, 0.3) is 0 Å². The first kappa shape index (κ1) is 16.0. The van der Waals surface area contributed by atoms with Crippen LogP contribution in [0.2, 0.25) is 0 Å². The molecular weight excluding hydrogens is 267 g/mol. The van der Waals surface area contributed by atoms with Gasteiger partial charge in [0.25, 0.3) is 0 Å². The zero-order valence-electron chi connectivity index (χ0n) is 12.6. The highest BCUT2D eigenvalue weighted by molar-refractivity contribution is 5.78. The van der Waals surface area contributed by atoms with E-state index in [1.807, 2.05) is 0 Å². The lowest BCUT2D eigenvalue weighted by molar-refractivity contribution is -0.120. The van der Waals surface area contributed by atoms with Crippen molar-refractivity contribution in [3.8, 4) is 0 Å². The summed E-state index contributed by atoms with van der Waals surface area (Å²) in [6, 6.07) is 6.22. The zero-order valence-corrected chi connectivity index (χ0v) is 12.6. The molecule has 1 fully saturated rings. The number of halogens is 1. The predicted octanol–water partition coefficient (Wildman–Crippen LogP) is 2.75.